The summed E-state index contributed by atoms with van der Waals surface area (Å²) >= 11 is 1.44. The van der Waals surface area contributed by atoms with Gasteiger partial charge in [-0.25, -0.2) is 14.6 Å². The lowest BCUT2D eigenvalue weighted by Crippen LogP contribution is -2.36. The predicted octanol–water partition coefficient (Wildman–Crippen LogP) is 1.19. The number of primary amides is 1. The fraction of sp³-hybridized carbons (Fsp3) is 0.615. The molecule has 3 rings (SSSR count). The van der Waals surface area contributed by atoms with Gasteiger partial charge in [0.2, 0.25) is 11.0 Å². The minimum absolute atomic E-state index is 0.0649. The topological polar surface area (TPSA) is 103 Å². The summed E-state index contributed by atoms with van der Waals surface area (Å²) in [6.45, 7) is 5.92. The molecule has 0 bridgehead atoms. The van der Waals surface area contributed by atoms with Crippen LogP contribution in [0, 0.1) is 0 Å². The summed E-state index contributed by atoms with van der Waals surface area (Å²) in [6.07, 6.45) is 3.61. The van der Waals surface area contributed by atoms with Crippen molar-refractivity contribution < 1.29 is 4.79 Å². The van der Waals surface area contributed by atoms with E-state index in [-0.39, 0.29) is 11.9 Å². The molecule has 1 aliphatic rings. The third kappa shape index (κ3) is 2.94. The number of hydrogen-bond donors (Lipinski definition) is 1. The van der Waals surface area contributed by atoms with Crippen molar-refractivity contribution >= 4 is 22.6 Å². The molecule has 3 heterocycles. The predicted molar refractivity (Wildman–Crippen MR) is 83.0 cm³/mol. The fourth-order valence-corrected chi connectivity index (χ4v) is 3.34. The van der Waals surface area contributed by atoms with Crippen LogP contribution in [-0.4, -0.2) is 43.1 Å². The van der Waals surface area contributed by atoms with E-state index in [1.54, 1.807) is 11.0 Å². The third-order valence-electron chi connectivity index (χ3n) is 3.72. The summed E-state index contributed by atoms with van der Waals surface area (Å²) in [5.74, 6) is 0.685. The lowest BCUT2D eigenvalue weighted by molar-refractivity contribution is 0.0990. The van der Waals surface area contributed by atoms with Gasteiger partial charge in [-0.2, -0.15) is 4.37 Å². The number of nitrogens with two attached hydrogens (primary N) is 1. The largest absolute Gasteiger partial charge is 0.363 e. The van der Waals surface area contributed by atoms with Gasteiger partial charge in [0, 0.05) is 30.5 Å². The molecule has 1 amide bonds. The highest BCUT2D eigenvalue weighted by atomic mass is 32.1. The van der Waals surface area contributed by atoms with Gasteiger partial charge >= 0.3 is 0 Å². The second-order valence-corrected chi connectivity index (χ2v) is 6.47. The van der Waals surface area contributed by atoms with Crippen LogP contribution in [0.1, 0.15) is 55.1 Å². The number of amides is 1. The van der Waals surface area contributed by atoms with Gasteiger partial charge in [-0.05, 0) is 12.8 Å². The zero-order valence-corrected chi connectivity index (χ0v) is 13.5. The molecular formula is C13H19N7OS. The molecule has 2 aromatic heterocycles. The van der Waals surface area contributed by atoms with Crippen molar-refractivity contribution in [2.24, 2.45) is 5.73 Å². The summed E-state index contributed by atoms with van der Waals surface area (Å²) in [6, 6.07) is 0.167. The zero-order chi connectivity index (χ0) is 15.7. The van der Waals surface area contributed by atoms with E-state index in [4.69, 9.17) is 5.73 Å². The number of piperidine rings is 1. The smallest absolute Gasteiger partial charge is 0.288 e. The SMILES string of the molecule is CC(C)c1nsc(N2CCC[C@H](n3cnc(C(N)=O)n3)C2)n1. The van der Waals surface area contributed by atoms with Crippen LogP contribution in [0.25, 0.3) is 0 Å². The van der Waals surface area contributed by atoms with E-state index in [1.807, 2.05) is 0 Å². The molecule has 0 radical (unpaired) electrons. The van der Waals surface area contributed by atoms with Crippen LogP contribution in [0.5, 0.6) is 0 Å². The Morgan fingerprint density at radius 2 is 2.32 bits per heavy atom. The minimum atomic E-state index is -0.600. The Kier molecular flexibility index (Phi) is 4.06. The van der Waals surface area contributed by atoms with E-state index in [2.05, 4.69) is 38.2 Å². The number of rotatable bonds is 4. The molecule has 0 unspecified atom stereocenters. The average Bonchev–Trinajstić information content (AvgIpc) is 3.17. The number of hydrogen-bond acceptors (Lipinski definition) is 7. The normalized spacial score (nSPS) is 18.9. The van der Waals surface area contributed by atoms with E-state index in [9.17, 15) is 4.79 Å². The first kappa shape index (κ1) is 14.9. The van der Waals surface area contributed by atoms with Crippen LogP contribution in [0.15, 0.2) is 6.33 Å². The average molecular weight is 321 g/mol. The van der Waals surface area contributed by atoms with Crippen molar-refractivity contribution in [2.75, 3.05) is 18.0 Å². The van der Waals surface area contributed by atoms with Gasteiger partial charge in [-0.1, -0.05) is 13.8 Å². The van der Waals surface area contributed by atoms with Gasteiger partial charge in [-0.3, -0.25) is 4.79 Å². The van der Waals surface area contributed by atoms with E-state index in [1.165, 1.54) is 11.5 Å². The summed E-state index contributed by atoms with van der Waals surface area (Å²) in [4.78, 5) is 21.9. The molecule has 8 nitrogen and oxygen atoms in total. The van der Waals surface area contributed by atoms with Crippen molar-refractivity contribution in [3.05, 3.63) is 18.0 Å². The quantitative estimate of drug-likeness (QED) is 0.907. The summed E-state index contributed by atoms with van der Waals surface area (Å²) in [5.41, 5.74) is 5.20. The van der Waals surface area contributed by atoms with Crippen LogP contribution in [0.2, 0.25) is 0 Å². The van der Waals surface area contributed by atoms with Crippen LogP contribution in [0.3, 0.4) is 0 Å². The van der Waals surface area contributed by atoms with Crippen LogP contribution in [0.4, 0.5) is 5.13 Å². The molecule has 0 saturated carbocycles. The highest BCUT2D eigenvalue weighted by Gasteiger charge is 2.25. The fourth-order valence-electron chi connectivity index (χ4n) is 2.50. The Balaban J connectivity index is 1.74. The van der Waals surface area contributed by atoms with E-state index >= 15 is 0 Å². The first-order valence-corrected chi connectivity index (χ1v) is 8.11. The van der Waals surface area contributed by atoms with Gasteiger partial charge in [0.25, 0.3) is 5.91 Å². The standard InChI is InChI=1S/C13H19N7OS/c1-8(2)11-16-13(22-18-11)19-5-3-4-9(6-19)20-7-15-12(17-20)10(14)21/h7-9H,3-6H2,1-2H3,(H2,14,21)/t9-/m0/s1. The second kappa shape index (κ2) is 5.99. The van der Waals surface area contributed by atoms with Gasteiger partial charge in [0.15, 0.2) is 0 Å². The van der Waals surface area contributed by atoms with Gasteiger partial charge in [-0.15, -0.1) is 5.10 Å². The Hall–Kier alpha value is -2.03. The molecule has 0 spiro atoms. The molecule has 9 heteroatoms. The molecule has 2 N–H and O–H groups in total. The molecular weight excluding hydrogens is 302 g/mol. The molecule has 0 aliphatic carbocycles. The lowest BCUT2D eigenvalue weighted by atomic mass is 10.1. The lowest BCUT2D eigenvalue weighted by Gasteiger charge is -2.32. The number of nitrogens with zero attached hydrogens (tertiary/aromatic N) is 6. The third-order valence-corrected chi connectivity index (χ3v) is 4.51. The van der Waals surface area contributed by atoms with Crippen molar-refractivity contribution in [2.45, 2.75) is 38.6 Å². The number of anilines is 1. The maximum atomic E-state index is 11.1. The Bertz CT molecular complexity index is 665. The van der Waals surface area contributed by atoms with Crippen LogP contribution in [-0.2, 0) is 0 Å². The Morgan fingerprint density at radius 1 is 1.50 bits per heavy atom. The monoisotopic (exact) mass is 321 g/mol. The van der Waals surface area contributed by atoms with Crippen molar-refractivity contribution in [3.63, 3.8) is 0 Å². The molecule has 118 valence electrons. The summed E-state index contributed by atoms with van der Waals surface area (Å²) in [5, 5.41) is 5.11. The van der Waals surface area contributed by atoms with Crippen molar-refractivity contribution in [1.82, 2.24) is 24.1 Å². The highest BCUT2D eigenvalue weighted by molar-refractivity contribution is 7.09. The minimum Gasteiger partial charge on any atom is -0.363 e. The summed E-state index contributed by atoms with van der Waals surface area (Å²) in [7, 11) is 0. The highest BCUT2D eigenvalue weighted by Crippen LogP contribution is 2.28. The molecule has 2 aromatic rings. The Morgan fingerprint density at radius 3 is 2.95 bits per heavy atom. The van der Waals surface area contributed by atoms with Gasteiger partial charge in [0.05, 0.1) is 6.04 Å². The number of carbonyl (C=O) groups is 1. The molecule has 1 saturated heterocycles. The van der Waals surface area contributed by atoms with E-state index in [0.29, 0.717) is 5.92 Å². The van der Waals surface area contributed by atoms with Gasteiger partial charge < -0.3 is 10.6 Å². The Labute approximate surface area is 132 Å². The number of carbonyl (C=O) groups excluding carboxylic acids is 1. The van der Waals surface area contributed by atoms with Gasteiger partial charge in [0.1, 0.15) is 12.2 Å². The molecule has 1 fully saturated rings. The van der Waals surface area contributed by atoms with Crippen molar-refractivity contribution in [3.8, 4) is 0 Å². The van der Waals surface area contributed by atoms with Crippen molar-refractivity contribution in [1.29, 1.82) is 0 Å². The maximum absolute atomic E-state index is 11.1. The summed E-state index contributed by atoms with van der Waals surface area (Å²) < 4.78 is 6.14. The second-order valence-electron chi connectivity index (χ2n) is 5.74. The molecule has 22 heavy (non-hydrogen) atoms. The van der Waals surface area contributed by atoms with E-state index < -0.39 is 5.91 Å². The molecule has 1 aliphatic heterocycles. The molecule has 0 aromatic carbocycles. The maximum Gasteiger partial charge on any atom is 0.288 e. The van der Waals surface area contributed by atoms with Crippen LogP contribution < -0.4 is 10.6 Å². The van der Waals surface area contributed by atoms with E-state index in [0.717, 1.165) is 36.9 Å². The number of aromatic nitrogens is 5. The van der Waals surface area contributed by atoms with Crippen LogP contribution >= 0.6 is 11.5 Å². The zero-order valence-electron chi connectivity index (χ0n) is 12.6. The molecule has 1 atom stereocenters. The first-order valence-electron chi connectivity index (χ1n) is 7.34. The first-order chi connectivity index (χ1) is 10.5.